The van der Waals surface area contributed by atoms with Crippen LogP contribution in [0.25, 0.3) is 16.8 Å². The molecule has 23 heavy (non-hydrogen) atoms. The van der Waals surface area contributed by atoms with Gasteiger partial charge < -0.3 is 0 Å². The van der Waals surface area contributed by atoms with E-state index in [0.29, 0.717) is 17.8 Å². The van der Waals surface area contributed by atoms with E-state index < -0.39 is 0 Å². The summed E-state index contributed by atoms with van der Waals surface area (Å²) in [5.74, 6) is 1.63. The minimum absolute atomic E-state index is 0. The van der Waals surface area contributed by atoms with Crippen LogP contribution in [0.5, 0.6) is 0 Å². The van der Waals surface area contributed by atoms with Gasteiger partial charge in [0.15, 0.2) is 0 Å². The third-order valence-electron chi connectivity index (χ3n) is 5.58. The number of hydrogen-bond donors (Lipinski definition) is 0. The minimum atomic E-state index is 0. The first kappa shape index (κ1) is 15.1. The third kappa shape index (κ3) is 2.06. The van der Waals surface area contributed by atoms with Crippen molar-refractivity contribution in [3.63, 3.8) is 0 Å². The Kier molecular flexibility index (Phi) is 3.65. The van der Waals surface area contributed by atoms with Gasteiger partial charge >= 0.3 is 0 Å². The molecule has 0 amide bonds. The summed E-state index contributed by atoms with van der Waals surface area (Å²) in [6.45, 7) is 2.40. The Hall–Kier alpha value is -1.46. The monoisotopic (exact) mass is 372 g/mol. The molecule has 0 spiro atoms. The zero-order chi connectivity index (χ0) is 14.7. The summed E-state index contributed by atoms with van der Waals surface area (Å²) in [7, 11) is 0. The van der Waals surface area contributed by atoms with Crippen molar-refractivity contribution >= 4 is 16.8 Å². The summed E-state index contributed by atoms with van der Waals surface area (Å²) in [6, 6.07) is 22.4. The molecular weight excluding hydrogens is 355 g/mol. The van der Waals surface area contributed by atoms with E-state index in [4.69, 9.17) is 0 Å². The van der Waals surface area contributed by atoms with Crippen LogP contribution in [-0.2, 0) is 26.2 Å². The van der Waals surface area contributed by atoms with Gasteiger partial charge in [-0.15, -0.1) is 0 Å². The van der Waals surface area contributed by atoms with Gasteiger partial charge in [-0.1, -0.05) is 79.7 Å². The van der Waals surface area contributed by atoms with Crippen LogP contribution in [0.3, 0.4) is 0 Å². The van der Waals surface area contributed by atoms with Crippen LogP contribution in [0.2, 0.25) is 0 Å². The van der Waals surface area contributed by atoms with Crippen LogP contribution in [0, 0.1) is 0 Å². The maximum absolute atomic E-state index is 2.41. The van der Waals surface area contributed by atoms with E-state index in [-0.39, 0.29) is 26.2 Å². The average molecular weight is 374 g/mol. The molecule has 0 radical (unpaired) electrons. The molecule has 2 aliphatic carbocycles. The van der Waals surface area contributed by atoms with E-state index in [1.807, 2.05) is 0 Å². The molecule has 0 bridgehead atoms. The molecular formula is C22H18Zr. The summed E-state index contributed by atoms with van der Waals surface area (Å²) in [6.07, 6.45) is 4.71. The first-order valence-corrected chi connectivity index (χ1v) is 8.13. The first-order valence-electron chi connectivity index (χ1n) is 8.13. The smallest absolute Gasteiger partial charge is 0.0102 e. The minimum Gasteiger partial charge on any atom is -0.0757 e. The number of hydrogen-bond acceptors (Lipinski definition) is 0. The molecule has 0 N–H and O–H groups in total. The van der Waals surface area contributed by atoms with Crippen LogP contribution < -0.4 is 0 Å². The van der Waals surface area contributed by atoms with Crippen LogP contribution in [0.15, 0.2) is 66.7 Å². The van der Waals surface area contributed by atoms with Crippen molar-refractivity contribution in [3.8, 4) is 0 Å². The van der Waals surface area contributed by atoms with Crippen LogP contribution in [0.1, 0.15) is 46.9 Å². The van der Waals surface area contributed by atoms with E-state index >= 15 is 0 Å². The summed E-state index contributed by atoms with van der Waals surface area (Å²) in [5.41, 5.74) is 5.94. The molecule has 0 heterocycles. The molecule has 3 unspecified atom stereocenters. The van der Waals surface area contributed by atoms with Crippen molar-refractivity contribution in [2.45, 2.75) is 24.7 Å². The van der Waals surface area contributed by atoms with Crippen molar-refractivity contribution in [1.82, 2.24) is 0 Å². The van der Waals surface area contributed by atoms with E-state index in [1.54, 1.807) is 0 Å². The second-order valence-electron chi connectivity index (χ2n) is 6.62. The van der Waals surface area contributed by atoms with Crippen molar-refractivity contribution in [2.24, 2.45) is 0 Å². The topological polar surface area (TPSA) is 0 Å². The molecule has 5 rings (SSSR count). The SMILES string of the molecule is CC1c2cccc3cccc(c23)C1C1C=Cc2ccccc21.[Zr]. The fourth-order valence-corrected chi connectivity index (χ4v) is 4.61. The van der Waals surface area contributed by atoms with Crippen molar-refractivity contribution < 1.29 is 26.2 Å². The van der Waals surface area contributed by atoms with Crippen molar-refractivity contribution in [1.29, 1.82) is 0 Å². The Bertz CT molecular complexity index is 917. The van der Waals surface area contributed by atoms with Gasteiger partial charge in [0.1, 0.15) is 0 Å². The zero-order valence-electron chi connectivity index (χ0n) is 13.2. The molecule has 2 aliphatic rings. The molecule has 0 saturated carbocycles. The number of fused-ring (bicyclic) bond motifs is 1. The molecule has 3 atom stereocenters. The van der Waals surface area contributed by atoms with Gasteiger partial charge in [-0.2, -0.15) is 0 Å². The average Bonchev–Trinajstić information content (AvgIpc) is 3.09. The summed E-state index contributed by atoms with van der Waals surface area (Å²) >= 11 is 0. The number of allylic oxidation sites excluding steroid dienone is 1. The van der Waals surface area contributed by atoms with Gasteiger partial charge in [-0.25, -0.2) is 0 Å². The molecule has 0 nitrogen and oxygen atoms in total. The summed E-state index contributed by atoms with van der Waals surface area (Å²) in [4.78, 5) is 0. The van der Waals surface area contributed by atoms with E-state index in [9.17, 15) is 0 Å². The van der Waals surface area contributed by atoms with E-state index in [2.05, 4.69) is 79.7 Å². The predicted octanol–water partition coefficient (Wildman–Crippen LogP) is 5.85. The molecule has 110 valence electrons. The Morgan fingerprint density at radius 1 is 0.739 bits per heavy atom. The second-order valence-corrected chi connectivity index (χ2v) is 6.62. The molecule has 0 aromatic heterocycles. The van der Waals surface area contributed by atoms with Crippen LogP contribution >= 0.6 is 0 Å². The zero-order valence-corrected chi connectivity index (χ0v) is 15.6. The Morgan fingerprint density at radius 2 is 1.43 bits per heavy atom. The standard InChI is InChI=1S/C22H18.Zr/c1-14-17-10-4-7-16-8-5-11-20(22(16)17)21(14)19-13-12-15-6-2-3-9-18(15)19;/h2-14,19,21H,1H3;. The molecule has 0 fully saturated rings. The van der Waals surface area contributed by atoms with Crippen molar-refractivity contribution in [3.05, 3.63) is 89.0 Å². The van der Waals surface area contributed by atoms with Gasteiger partial charge in [0.25, 0.3) is 0 Å². The first-order chi connectivity index (χ1) is 10.8. The fraction of sp³-hybridized carbons (Fsp3) is 0.182. The van der Waals surface area contributed by atoms with Gasteiger partial charge in [0, 0.05) is 38.0 Å². The van der Waals surface area contributed by atoms with Crippen LogP contribution in [0.4, 0.5) is 0 Å². The second kappa shape index (κ2) is 5.57. The van der Waals surface area contributed by atoms with Gasteiger partial charge in [0.2, 0.25) is 0 Å². The summed E-state index contributed by atoms with van der Waals surface area (Å²) in [5, 5.41) is 2.89. The largest absolute Gasteiger partial charge is 0.0757 e. The summed E-state index contributed by atoms with van der Waals surface area (Å²) < 4.78 is 0. The Labute approximate surface area is 156 Å². The third-order valence-corrected chi connectivity index (χ3v) is 5.58. The van der Waals surface area contributed by atoms with Gasteiger partial charge in [-0.05, 0) is 38.9 Å². The molecule has 0 saturated heterocycles. The van der Waals surface area contributed by atoms with E-state index in [0.717, 1.165) is 0 Å². The molecule has 3 aromatic rings. The van der Waals surface area contributed by atoms with Gasteiger partial charge in [0.05, 0.1) is 0 Å². The Morgan fingerprint density at radius 3 is 2.26 bits per heavy atom. The molecule has 0 aliphatic heterocycles. The number of rotatable bonds is 1. The fourth-order valence-electron chi connectivity index (χ4n) is 4.61. The normalized spacial score (nSPS) is 23.8. The molecule has 1 heteroatoms. The maximum Gasteiger partial charge on any atom is 0.0102 e. The maximum atomic E-state index is 2.41. The van der Waals surface area contributed by atoms with Crippen LogP contribution in [-0.4, -0.2) is 0 Å². The quantitative estimate of drug-likeness (QED) is 0.502. The molecule has 3 aromatic carbocycles. The predicted molar refractivity (Wildman–Crippen MR) is 93.3 cm³/mol. The van der Waals surface area contributed by atoms with Gasteiger partial charge in [-0.3, -0.25) is 0 Å². The number of benzene rings is 3. The van der Waals surface area contributed by atoms with Crippen molar-refractivity contribution in [2.75, 3.05) is 0 Å². The van der Waals surface area contributed by atoms with E-state index in [1.165, 1.54) is 33.0 Å². The Balaban J connectivity index is 0.00000135.